The van der Waals surface area contributed by atoms with Crippen molar-refractivity contribution in [1.29, 1.82) is 0 Å². The van der Waals surface area contributed by atoms with Crippen molar-refractivity contribution >= 4 is 17.6 Å². The largest absolute Gasteiger partial charge is 0.366 e. The molecule has 0 radical (unpaired) electrons. The fourth-order valence-corrected chi connectivity index (χ4v) is 1.43. The third-order valence-electron chi connectivity index (χ3n) is 2.21. The van der Waals surface area contributed by atoms with Crippen LogP contribution in [0.3, 0.4) is 0 Å². The van der Waals surface area contributed by atoms with E-state index in [1.54, 1.807) is 24.5 Å². The topological polar surface area (TPSA) is 68.9 Å². The van der Waals surface area contributed by atoms with Gasteiger partial charge in [-0.2, -0.15) is 0 Å². The van der Waals surface area contributed by atoms with E-state index in [9.17, 15) is 4.79 Å². The zero-order valence-corrected chi connectivity index (χ0v) is 9.08. The van der Waals surface area contributed by atoms with Crippen LogP contribution in [0, 0.1) is 0 Å². The summed E-state index contributed by atoms with van der Waals surface area (Å²) in [6.45, 7) is 0. The summed E-state index contributed by atoms with van der Waals surface area (Å²) in [7, 11) is 0. The minimum atomic E-state index is -0.497. The maximum atomic E-state index is 11.4. The molecule has 0 spiro atoms. The molecule has 0 aliphatic rings. The van der Waals surface area contributed by atoms with Gasteiger partial charge in [0.15, 0.2) is 5.82 Å². The summed E-state index contributed by atoms with van der Waals surface area (Å²) in [5.41, 5.74) is 6.51. The van der Waals surface area contributed by atoms with Gasteiger partial charge >= 0.3 is 0 Å². The summed E-state index contributed by atoms with van der Waals surface area (Å²) in [6.07, 6.45) is 4.81. The number of nitrogens with two attached hydrogens (primary N) is 1. The van der Waals surface area contributed by atoms with Gasteiger partial charge in [0.1, 0.15) is 0 Å². The summed E-state index contributed by atoms with van der Waals surface area (Å²) >= 11 is 0. The van der Waals surface area contributed by atoms with Gasteiger partial charge in [-0.15, -0.1) is 0 Å². The van der Waals surface area contributed by atoms with E-state index in [2.05, 4.69) is 9.97 Å². The van der Waals surface area contributed by atoms with Crippen LogP contribution in [0.15, 0.2) is 48.8 Å². The Balaban J connectivity index is 2.44. The van der Waals surface area contributed by atoms with Crippen molar-refractivity contribution in [1.82, 2.24) is 9.97 Å². The Bertz CT molecular complexity index is 535. The molecule has 0 saturated carbocycles. The van der Waals surface area contributed by atoms with Crippen LogP contribution >= 0.6 is 0 Å². The van der Waals surface area contributed by atoms with Gasteiger partial charge in [0.2, 0.25) is 5.91 Å². The summed E-state index contributed by atoms with van der Waals surface area (Å²) in [4.78, 5) is 19.5. The zero-order valence-electron chi connectivity index (χ0n) is 9.08. The second kappa shape index (κ2) is 5.03. The van der Waals surface area contributed by atoms with Crippen molar-refractivity contribution in [3.63, 3.8) is 0 Å². The van der Waals surface area contributed by atoms with Crippen LogP contribution in [-0.4, -0.2) is 15.9 Å². The molecule has 0 fully saturated rings. The third-order valence-corrected chi connectivity index (χ3v) is 2.21. The summed E-state index contributed by atoms with van der Waals surface area (Å²) in [5, 5.41) is 0. The van der Waals surface area contributed by atoms with Crippen LogP contribution in [0.1, 0.15) is 11.4 Å². The van der Waals surface area contributed by atoms with Crippen LogP contribution in [0.4, 0.5) is 0 Å². The maximum Gasteiger partial charge on any atom is 0.249 e. The first kappa shape index (κ1) is 11.0. The van der Waals surface area contributed by atoms with E-state index in [1.807, 2.05) is 30.3 Å². The van der Waals surface area contributed by atoms with Crippen LogP contribution < -0.4 is 5.73 Å². The van der Waals surface area contributed by atoms with E-state index < -0.39 is 5.91 Å². The molecule has 0 atom stereocenters. The van der Waals surface area contributed by atoms with Gasteiger partial charge in [-0.05, 0) is 17.7 Å². The highest BCUT2D eigenvalue weighted by Gasteiger charge is 2.08. The van der Waals surface area contributed by atoms with Gasteiger partial charge < -0.3 is 5.73 Å². The van der Waals surface area contributed by atoms with Gasteiger partial charge in [-0.3, -0.25) is 4.79 Å². The zero-order chi connectivity index (χ0) is 12.1. The van der Waals surface area contributed by atoms with Gasteiger partial charge in [-0.1, -0.05) is 30.3 Å². The van der Waals surface area contributed by atoms with Crippen molar-refractivity contribution < 1.29 is 4.79 Å². The number of carbonyl (C=O) groups excluding carboxylic acids is 1. The Kier molecular flexibility index (Phi) is 3.25. The SMILES string of the molecule is NC(=O)C(=Cc1ncccn1)c1ccccc1. The molecule has 2 rings (SSSR count). The first-order valence-corrected chi connectivity index (χ1v) is 5.11. The van der Waals surface area contributed by atoms with Crippen molar-refractivity contribution in [2.75, 3.05) is 0 Å². The van der Waals surface area contributed by atoms with Crippen LogP contribution in [-0.2, 0) is 4.79 Å². The molecule has 1 aromatic carbocycles. The van der Waals surface area contributed by atoms with Gasteiger partial charge in [0.05, 0.1) is 5.57 Å². The molecule has 0 aliphatic heterocycles. The van der Waals surface area contributed by atoms with Gasteiger partial charge in [0, 0.05) is 12.4 Å². The molecule has 0 bridgehead atoms. The van der Waals surface area contributed by atoms with Crippen molar-refractivity contribution in [2.24, 2.45) is 5.73 Å². The molecule has 2 aromatic rings. The standard InChI is InChI=1S/C13H11N3O/c14-13(17)11(10-5-2-1-3-6-10)9-12-15-7-4-8-16-12/h1-9H,(H2,14,17). The first-order chi connectivity index (χ1) is 8.27. The highest BCUT2D eigenvalue weighted by molar-refractivity contribution is 6.23. The smallest absolute Gasteiger partial charge is 0.249 e. The number of rotatable bonds is 3. The summed E-state index contributed by atoms with van der Waals surface area (Å²) < 4.78 is 0. The lowest BCUT2D eigenvalue weighted by atomic mass is 10.1. The minimum Gasteiger partial charge on any atom is -0.366 e. The molecule has 17 heavy (non-hydrogen) atoms. The number of aromatic nitrogens is 2. The second-order valence-corrected chi connectivity index (χ2v) is 3.40. The molecule has 4 heteroatoms. The minimum absolute atomic E-state index is 0.400. The second-order valence-electron chi connectivity index (χ2n) is 3.40. The highest BCUT2D eigenvalue weighted by atomic mass is 16.1. The monoisotopic (exact) mass is 225 g/mol. The Morgan fingerprint density at radius 3 is 2.29 bits per heavy atom. The molecule has 84 valence electrons. The molecule has 0 unspecified atom stereocenters. The summed E-state index contributed by atoms with van der Waals surface area (Å²) in [6, 6.07) is 10.9. The number of hydrogen-bond donors (Lipinski definition) is 1. The molecule has 2 N–H and O–H groups in total. The molecule has 4 nitrogen and oxygen atoms in total. The van der Waals surface area contributed by atoms with E-state index in [-0.39, 0.29) is 0 Å². The van der Waals surface area contributed by atoms with E-state index in [0.29, 0.717) is 11.4 Å². The Hall–Kier alpha value is -2.49. The molecular weight excluding hydrogens is 214 g/mol. The molecule has 1 heterocycles. The molecule has 0 saturated heterocycles. The molecule has 1 amide bonds. The summed E-state index contributed by atoms with van der Waals surface area (Å²) in [5.74, 6) is -0.0335. The number of hydrogen-bond acceptors (Lipinski definition) is 3. The number of nitrogens with zero attached hydrogens (tertiary/aromatic N) is 2. The first-order valence-electron chi connectivity index (χ1n) is 5.11. The van der Waals surface area contributed by atoms with Crippen LogP contribution in [0.2, 0.25) is 0 Å². The Morgan fingerprint density at radius 1 is 1.06 bits per heavy atom. The number of benzene rings is 1. The Morgan fingerprint density at radius 2 is 1.71 bits per heavy atom. The molecule has 1 aromatic heterocycles. The quantitative estimate of drug-likeness (QED) is 0.805. The van der Waals surface area contributed by atoms with Gasteiger partial charge in [-0.25, -0.2) is 9.97 Å². The fraction of sp³-hybridized carbons (Fsp3) is 0. The number of carbonyl (C=O) groups is 1. The number of primary amides is 1. The molecular formula is C13H11N3O. The average molecular weight is 225 g/mol. The number of amides is 1. The maximum absolute atomic E-state index is 11.4. The van der Waals surface area contributed by atoms with E-state index in [4.69, 9.17) is 5.73 Å². The average Bonchev–Trinajstić information content (AvgIpc) is 2.38. The third kappa shape index (κ3) is 2.75. The van der Waals surface area contributed by atoms with E-state index in [0.717, 1.165) is 5.56 Å². The Labute approximate surface area is 98.8 Å². The lowest BCUT2D eigenvalue weighted by Gasteiger charge is -2.02. The fourth-order valence-electron chi connectivity index (χ4n) is 1.43. The van der Waals surface area contributed by atoms with Crippen molar-refractivity contribution in [3.05, 3.63) is 60.2 Å². The predicted octanol–water partition coefficient (Wildman–Crippen LogP) is 1.50. The highest BCUT2D eigenvalue weighted by Crippen LogP contribution is 2.15. The molecule has 0 aliphatic carbocycles. The lowest BCUT2D eigenvalue weighted by molar-refractivity contribution is -0.112. The van der Waals surface area contributed by atoms with E-state index in [1.165, 1.54) is 0 Å². The van der Waals surface area contributed by atoms with Crippen molar-refractivity contribution in [3.8, 4) is 0 Å². The van der Waals surface area contributed by atoms with Crippen LogP contribution in [0.5, 0.6) is 0 Å². The lowest BCUT2D eigenvalue weighted by Crippen LogP contribution is -2.13. The van der Waals surface area contributed by atoms with Crippen LogP contribution in [0.25, 0.3) is 11.6 Å². The van der Waals surface area contributed by atoms with Crippen molar-refractivity contribution in [2.45, 2.75) is 0 Å². The predicted molar refractivity (Wildman–Crippen MR) is 65.5 cm³/mol. The van der Waals surface area contributed by atoms with Gasteiger partial charge in [0.25, 0.3) is 0 Å². The normalized spacial score (nSPS) is 11.2. The van der Waals surface area contributed by atoms with E-state index >= 15 is 0 Å².